The number of likely N-dealkylation sites (N-methyl/N-ethyl adjacent to an activating group) is 1. The Labute approximate surface area is 114 Å². The highest BCUT2D eigenvalue weighted by molar-refractivity contribution is 5.62. The maximum Gasteiger partial charge on any atom is 0.327 e. The van der Waals surface area contributed by atoms with Crippen LogP contribution in [0.5, 0.6) is 0 Å². The predicted octanol–water partition coefficient (Wildman–Crippen LogP) is 1.62. The number of rotatable bonds is 4. The van der Waals surface area contributed by atoms with E-state index in [4.69, 9.17) is 4.74 Å². The Morgan fingerprint density at radius 1 is 1.55 bits per heavy atom. The van der Waals surface area contributed by atoms with Crippen molar-refractivity contribution in [3.05, 3.63) is 33.9 Å². The maximum absolute atomic E-state index is 13.4. The van der Waals surface area contributed by atoms with Crippen LogP contribution in [0, 0.1) is 21.7 Å². The number of nitro groups is 1. The summed E-state index contributed by atoms with van der Waals surface area (Å²) in [6.07, 6.45) is -0.181. The average molecular weight is 287 g/mol. The summed E-state index contributed by atoms with van der Waals surface area (Å²) in [4.78, 5) is 12.0. The van der Waals surface area contributed by atoms with Gasteiger partial charge in [-0.25, -0.2) is 4.39 Å². The van der Waals surface area contributed by atoms with Gasteiger partial charge in [-0.3, -0.25) is 10.1 Å². The minimum Gasteiger partial charge on any atom is -0.377 e. The van der Waals surface area contributed by atoms with Crippen molar-refractivity contribution in [1.29, 1.82) is 0 Å². The molecule has 1 atom stereocenters. The predicted molar refractivity (Wildman–Crippen MR) is 68.7 cm³/mol. The zero-order chi connectivity index (χ0) is 14.7. The van der Waals surface area contributed by atoms with Gasteiger partial charge in [0, 0.05) is 31.8 Å². The Kier molecular flexibility index (Phi) is 4.46. The van der Waals surface area contributed by atoms with Crippen LogP contribution in [0.15, 0.2) is 12.1 Å². The lowest BCUT2D eigenvalue weighted by atomic mass is 10.2. The fourth-order valence-electron chi connectivity index (χ4n) is 2.10. The van der Waals surface area contributed by atoms with Crippen molar-refractivity contribution in [2.75, 3.05) is 38.6 Å². The molecule has 1 aromatic rings. The van der Waals surface area contributed by atoms with Crippen LogP contribution in [0.3, 0.4) is 0 Å². The summed E-state index contributed by atoms with van der Waals surface area (Å²) in [7, 11) is 1.93. The van der Waals surface area contributed by atoms with Gasteiger partial charge >= 0.3 is 5.69 Å². The summed E-state index contributed by atoms with van der Waals surface area (Å²) in [5, 5.41) is 13.5. The molecule has 8 heteroatoms. The molecular weight excluding hydrogens is 272 g/mol. The number of morpholine rings is 1. The second kappa shape index (κ2) is 6.10. The van der Waals surface area contributed by atoms with Gasteiger partial charge in [0.25, 0.3) is 0 Å². The van der Waals surface area contributed by atoms with E-state index in [1.807, 2.05) is 7.05 Å². The fraction of sp³-hybridized carbons (Fsp3) is 0.500. The Balaban J connectivity index is 2.10. The fourth-order valence-corrected chi connectivity index (χ4v) is 2.10. The number of nitrogens with zero attached hydrogens (tertiary/aromatic N) is 2. The lowest BCUT2D eigenvalue weighted by Gasteiger charge is -2.30. The zero-order valence-electron chi connectivity index (χ0n) is 10.9. The Hall–Kier alpha value is -1.80. The normalized spacial score (nSPS) is 19.9. The SMILES string of the molecule is CN1CCOC(CNc2cc(F)cc(F)c2[N+](=O)[O-])C1. The molecule has 1 fully saturated rings. The molecule has 1 aliphatic heterocycles. The molecule has 0 bridgehead atoms. The van der Waals surface area contributed by atoms with Gasteiger partial charge in [0.15, 0.2) is 0 Å². The molecule has 1 aromatic carbocycles. The number of hydrogen-bond acceptors (Lipinski definition) is 5. The molecule has 0 spiro atoms. The van der Waals surface area contributed by atoms with Crippen molar-refractivity contribution in [3.63, 3.8) is 0 Å². The van der Waals surface area contributed by atoms with Gasteiger partial charge in [0.1, 0.15) is 11.5 Å². The van der Waals surface area contributed by atoms with E-state index in [0.717, 1.165) is 12.6 Å². The molecule has 20 heavy (non-hydrogen) atoms. The molecule has 1 unspecified atom stereocenters. The van der Waals surface area contributed by atoms with Crippen molar-refractivity contribution in [1.82, 2.24) is 4.90 Å². The molecule has 1 heterocycles. The van der Waals surface area contributed by atoms with Crippen molar-refractivity contribution >= 4 is 11.4 Å². The molecule has 110 valence electrons. The van der Waals surface area contributed by atoms with Crippen LogP contribution >= 0.6 is 0 Å². The Morgan fingerprint density at radius 2 is 2.30 bits per heavy atom. The van der Waals surface area contributed by atoms with E-state index in [2.05, 4.69) is 10.2 Å². The quantitative estimate of drug-likeness (QED) is 0.673. The second-order valence-electron chi connectivity index (χ2n) is 4.68. The number of halogens is 2. The first-order chi connectivity index (χ1) is 9.47. The number of ether oxygens (including phenoxy) is 1. The molecule has 0 aliphatic carbocycles. The molecule has 6 nitrogen and oxygen atoms in total. The van der Waals surface area contributed by atoms with E-state index in [1.54, 1.807) is 0 Å². The molecule has 0 amide bonds. The highest BCUT2D eigenvalue weighted by Crippen LogP contribution is 2.28. The first-order valence-electron chi connectivity index (χ1n) is 6.15. The molecule has 0 aromatic heterocycles. The number of nitrogens with one attached hydrogen (secondary N) is 1. The summed E-state index contributed by atoms with van der Waals surface area (Å²) in [5.41, 5.74) is -0.931. The van der Waals surface area contributed by atoms with Gasteiger partial charge in [0.2, 0.25) is 5.82 Å². The summed E-state index contributed by atoms with van der Waals surface area (Å²) in [6, 6.07) is 1.40. The number of nitro benzene ring substituents is 1. The maximum atomic E-state index is 13.4. The minimum absolute atomic E-state index is 0.177. The van der Waals surface area contributed by atoms with E-state index in [-0.39, 0.29) is 18.3 Å². The minimum atomic E-state index is -1.20. The van der Waals surface area contributed by atoms with Crippen LogP contribution in [0.1, 0.15) is 0 Å². The summed E-state index contributed by atoms with van der Waals surface area (Å²) in [6.45, 7) is 2.26. The van der Waals surface area contributed by atoms with Gasteiger partial charge in [-0.15, -0.1) is 0 Å². The van der Waals surface area contributed by atoms with Crippen LogP contribution in [0.25, 0.3) is 0 Å². The third-order valence-corrected chi connectivity index (χ3v) is 3.07. The van der Waals surface area contributed by atoms with Crippen LogP contribution < -0.4 is 5.32 Å². The van der Waals surface area contributed by atoms with Gasteiger partial charge in [0.05, 0.1) is 17.6 Å². The van der Waals surface area contributed by atoms with E-state index in [9.17, 15) is 18.9 Å². The summed E-state index contributed by atoms with van der Waals surface area (Å²) >= 11 is 0. The number of benzene rings is 1. The summed E-state index contributed by atoms with van der Waals surface area (Å²) in [5.74, 6) is -2.06. The Bertz CT molecular complexity index is 513. The molecule has 1 saturated heterocycles. The lowest BCUT2D eigenvalue weighted by Crippen LogP contribution is -2.43. The zero-order valence-corrected chi connectivity index (χ0v) is 10.9. The molecular formula is C12H15F2N3O3. The van der Waals surface area contributed by atoms with Gasteiger partial charge in [-0.05, 0) is 7.05 Å². The van der Waals surface area contributed by atoms with E-state index in [1.165, 1.54) is 0 Å². The standard InChI is InChI=1S/C12H15F2N3O3/c1-16-2-3-20-9(7-16)6-15-11-5-8(13)4-10(14)12(11)17(18)19/h4-5,9,15H,2-3,6-7H2,1H3. The molecule has 1 N–H and O–H groups in total. The Morgan fingerprint density at radius 3 is 2.95 bits per heavy atom. The summed E-state index contributed by atoms with van der Waals surface area (Å²) < 4.78 is 32.1. The smallest absolute Gasteiger partial charge is 0.327 e. The van der Waals surface area contributed by atoms with Crippen molar-refractivity contribution in [3.8, 4) is 0 Å². The molecule has 0 radical (unpaired) electrons. The first kappa shape index (κ1) is 14.6. The van der Waals surface area contributed by atoms with Gasteiger partial charge in [-0.2, -0.15) is 4.39 Å². The van der Waals surface area contributed by atoms with Crippen molar-refractivity contribution in [2.24, 2.45) is 0 Å². The monoisotopic (exact) mass is 287 g/mol. The van der Waals surface area contributed by atoms with E-state index >= 15 is 0 Å². The van der Waals surface area contributed by atoms with Crippen LogP contribution in [0.2, 0.25) is 0 Å². The van der Waals surface area contributed by atoms with Crippen LogP contribution in [-0.2, 0) is 4.74 Å². The van der Waals surface area contributed by atoms with Gasteiger partial charge < -0.3 is 15.0 Å². The van der Waals surface area contributed by atoms with Gasteiger partial charge in [-0.1, -0.05) is 0 Å². The van der Waals surface area contributed by atoms with Crippen LogP contribution in [0.4, 0.5) is 20.2 Å². The number of hydrogen-bond donors (Lipinski definition) is 1. The topological polar surface area (TPSA) is 67.6 Å². The van der Waals surface area contributed by atoms with E-state index in [0.29, 0.717) is 19.2 Å². The highest BCUT2D eigenvalue weighted by atomic mass is 19.1. The molecule has 1 aliphatic rings. The highest BCUT2D eigenvalue weighted by Gasteiger charge is 2.24. The van der Waals surface area contributed by atoms with Crippen molar-refractivity contribution in [2.45, 2.75) is 6.10 Å². The lowest BCUT2D eigenvalue weighted by molar-refractivity contribution is -0.386. The average Bonchev–Trinajstić information content (AvgIpc) is 2.35. The first-order valence-corrected chi connectivity index (χ1v) is 6.15. The third-order valence-electron chi connectivity index (χ3n) is 3.07. The van der Waals surface area contributed by atoms with Crippen molar-refractivity contribution < 1.29 is 18.4 Å². The largest absolute Gasteiger partial charge is 0.377 e. The molecule has 2 rings (SSSR count). The number of anilines is 1. The third kappa shape index (κ3) is 3.40. The second-order valence-corrected chi connectivity index (χ2v) is 4.68. The van der Waals surface area contributed by atoms with E-state index < -0.39 is 22.2 Å². The van der Waals surface area contributed by atoms with Crippen LogP contribution in [-0.4, -0.2) is 49.2 Å². The molecule has 0 saturated carbocycles.